The number of aryl methyl sites for hydroxylation is 2. The van der Waals surface area contributed by atoms with Crippen LogP contribution in [0.4, 0.5) is 0 Å². The second-order valence-corrected chi connectivity index (χ2v) is 4.24. The van der Waals surface area contributed by atoms with Crippen molar-refractivity contribution in [2.75, 3.05) is 0 Å². The van der Waals surface area contributed by atoms with Crippen LogP contribution in [0.2, 0.25) is 0 Å². The Labute approximate surface area is 123 Å². The summed E-state index contributed by atoms with van der Waals surface area (Å²) in [5.74, 6) is 1.01. The van der Waals surface area contributed by atoms with E-state index in [4.69, 9.17) is 0 Å². The number of hydrogen-bond donors (Lipinski definition) is 0. The topological polar surface area (TPSA) is 21.7 Å². The molecule has 2 aromatic heterocycles. The first-order chi connectivity index (χ1) is 8.25. The lowest BCUT2D eigenvalue weighted by Crippen LogP contribution is -3.00. The standard InChI is InChI=1S/C14H14N3.HI/c1-16-9-7-11(8-10-16)14-15-12-5-3-4-6-13(12)17(14)2;/h3-10H,1-2H3;1H/q+1;/p-1. The molecule has 0 aliphatic carbocycles. The van der Waals surface area contributed by atoms with Gasteiger partial charge in [0, 0.05) is 24.7 Å². The lowest BCUT2D eigenvalue weighted by Gasteiger charge is -2.00. The molecule has 3 nitrogen and oxygen atoms in total. The van der Waals surface area contributed by atoms with Crippen LogP contribution >= 0.6 is 0 Å². The van der Waals surface area contributed by atoms with E-state index in [1.165, 1.54) is 0 Å². The third kappa shape index (κ3) is 2.12. The first-order valence-electron chi connectivity index (χ1n) is 5.63. The van der Waals surface area contributed by atoms with Gasteiger partial charge in [0.2, 0.25) is 0 Å². The summed E-state index contributed by atoms with van der Waals surface area (Å²) < 4.78 is 4.15. The van der Waals surface area contributed by atoms with Crippen molar-refractivity contribution in [1.29, 1.82) is 0 Å². The van der Waals surface area contributed by atoms with Crippen molar-refractivity contribution >= 4 is 11.0 Å². The van der Waals surface area contributed by atoms with E-state index in [0.29, 0.717) is 0 Å². The number of hydrogen-bond acceptors (Lipinski definition) is 1. The molecule has 0 spiro atoms. The third-order valence-corrected chi connectivity index (χ3v) is 3.02. The summed E-state index contributed by atoms with van der Waals surface area (Å²) in [6.07, 6.45) is 4.07. The second-order valence-electron chi connectivity index (χ2n) is 4.24. The molecule has 3 aromatic rings. The zero-order valence-electron chi connectivity index (χ0n) is 10.3. The number of para-hydroxylation sites is 2. The second kappa shape index (κ2) is 5.06. The van der Waals surface area contributed by atoms with Gasteiger partial charge < -0.3 is 28.5 Å². The van der Waals surface area contributed by atoms with Crippen molar-refractivity contribution in [3.8, 4) is 11.4 Å². The van der Waals surface area contributed by atoms with Gasteiger partial charge >= 0.3 is 0 Å². The van der Waals surface area contributed by atoms with Crippen LogP contribution in [0.25, 0.3) is 22.4 Å². The molecule has 0 unspecified atom stereocenters. The number of rotatable bonds is 1. The van der Waals surface area contributed by atoms with E-state index >= 15 is 0 Å². The highest BCUT2D eigenvalue weighted by molar-refractivity contribution is 5.80. The predicted molar refractivity (Wildman–Crippen MR) is 67.3 cm³/mol. The van der Waals surface area contributed by atoms with Crippen molar-refractivity contribution in [3.63, 3.8) is 0 Å². The Morgan fingerprint density at radius 2 is 1.72 bits per heavy atom. The van der Waals surface area contributed by atoms with Crippen molar-refractivity contribution in [2.24, 2.45) is 14.1 Å². The molecule has 18 heavy (non-hydrogen) atoms. The van der Waals surface area contributed by atoms with E-state index in [9.17, 15) is 0 Å². The van der Waals surface area contributed by atoms with Crippen molar-refractivity contribution in [2.45, 2.75) is 0 Å². The van der Waals surface area contributed by atoms with Crippen LogP contribution < -0.4 is 28.5 Å². The average molecular weight is 351 g/mol. The van der Waals surface area contributed by atoms with Gasteiger partial charge in [-0.15, -0.1) is 0 Å². The highest BCUT2D eigenvalue weighted by atomic mass is 127. The molecule has 92 valence electrons. The van der Waals surface area contributed by atoms with Gasteiger partial charge in [-0.2, -0.15) is 0 Å². The zero-order valence-corrected chi connectivity index (χ0v) is 12.5. The molecule has 0 amide bonds. The molecule has 3 rings (SSSR count). The SMILES string of the molecule is Cn1c(-c2cc[n+](C)cc2)nc2ccccc21.[I-]. The fraction of sp³-hybridized carbons (Fsp3) is 0.143. The number of halogens is 1. The molecule has 0 atom stereocenters. The number of pyridine rings is 1. The molecule has 0 bridgehead atoms. The lowest BCUT2D eigenvalue weighted by atomic mass is 10.2. The summed E-state index contributed by atoms with van der Waals surface area (Å²) in [5, 5.41) is 0. The van der Waals surface area contributed by atoms with Crippen LogP contribution in [0.5, 0.6) is 0 Å². The number of fused-ring (bicyclic) bond motifs is 1. The maximum Gasteiger partial charge on any atom is 0.169 e. The largest absolute Gasteiger partial charge is 1.00 e. The van der Waals surface area contributed by atoms with Gasteiger partial charge in [0.15, 0.2) is 12.4 Å². The van der Waals surface area contributed by atoms with Crippen LogP contribution in [0.1, 0.15) is 0 Å². The summed E-state index contributed by atoms with van der Waals surface area (Å²) in [7, 11) is 4.07. The minimum Gasteiger partial charge on any atom is -1.00 e. The first kappa shape index (κ1) is 13.0. The number of nitrogens with zero attached hydrogens (tertiary/aromatic N) is 3. The number of imidazole rings is 1. The van der Waals surface area contributed by atoms with Gasteiger partial charge in [0.1, 0.15) is 12.9 Å². The number of benzene rings is 1. The Bertz CT molecular complexity index is 671. The zero-order chi connectivity index (χ0) is 11.8. The summed E-state index contributed by atoms with van der Waals surface area (Å²) in [5.41, 5.74) is 3.34. The normalized spacial score (nSPS) is 10.3. The maximum atomic E-state index is 4.67. The van der Waals surface area contributed by atoms with Gasteiger partial charge in [-0.3, -0.25) is 0 Å². The predicted octanol–water partition coefficient (Wildman–Crippen LogP) is -0.931. The lowest BCUT2D eigenvalue weighted by molar-refractivity contribution is -0.671. The molecule has 0 N–H and O–H groups in total. The summed E-state index contributed by atoms with van der Waals surface area (Å²) in [6.45, 7) is 0. The fourth-order valence-corrected chi connectivity index (χ4v) is 2.05. The van der Waals surface area contributed by atoms with E-state index in [1.54, 1.807) is 0 Å². The molecular weight excluding hydrogens is 337 g/mol. The number of aromatic nitrogens is 3. The fourth-order valence-electron chi connectivity index (χ4n) is 2.05. The Hall–Kier alpha value is -1.43. The Kier molecular flexibility index (Phi) is 3.65. The quantitative estimate of drug-likeness (QED) is 0.410. The minimum absolute atomic E-state index is 0. The molecule has 0 aliphatic heterocycles. The van der Waals surface area contributed by atoms with E-state index in [0.717, 1.165) is 22.4 Å². The maximum absolute atomic E-state index is 4.67. The third-order valence-electron chi connectivity index (χ3n) is 3.02. The average Bonchev–Trinajstić information content (AvgIpc) is 2.69. The Morgan fingerprint density at radius 1 is 1.06 bits per heavy atom. The molecule has 0 fully saturated rings. The monoisotopic (exact) mass is 351 g/mol. The van der Waals surface area contributed by atoms with Crippen molar-refractivity contribution in [1.82, 2.24) is 9.55 Å². The highest BCUT2D eigenvalue weighted by Gasteiger charge is 2.09. The molecule has 2 heterocycles. The van der Waals surface area contributed by atoms with Gasteiger partial charge in [0.25, 0.3) is 0 Å². The molecule has 0 saturated carbocycles. The Balaban J connectivity index is 0.00000120. The molecule has 1 aromatic carbocycles. The smallest absolute Gasteiger partial charge is 0.169 e. The minimum atomic E-state index is 0. The van der Waals surface area contributed by atoms with Crippen molar-refractivity contribution < 1.29 is 28.5 Å². The van der Waals surface area contributed by atoms with E-state index < -0.39 is 0 Å². The van der Waals surface area contributed by atoms with Gasteiger partial charge in [-0.05, 0) is 12.1 Å². The van der Waals surface area contributed by atoms with Gasteiger partial charge in [0.05, 0.1) is 11.0 Å². The molecule has 0 saturated heterocycles. The summed E-state index contributed by atoms with van der Waals surface area (Å²) >= 11 is 0. The van der Waals surface area contributed by atoms with Crippen LogP contribution in [-0.2, 0) is 14.1 Å². The molecular formula is C14H14IN3. The first-order valence-corrected chi connectivity index (χ1v) is 5.63. The molecule has 4 heteroatoms. The van der Waals surface area contributed by atoms with Crippen LogP contribution in [0.15, 0.2) is 48.8 Å². The highest BCUT2D eigenvalue weighted by Crippen LogP contribution is 2.22. The van der Waals surface area contributed by atoms with Crippen LogP contribution in [0.3, 0.4) is 0 Å². The molecule has 0 aliphatic rings. The van der Waals surface area contributed by atoms with Gasteiger partial charge in [-0.1, -0.05) is 12.1 Å². The van der Waals surface area contributed by atoms with E-state index in [-0.39, 0.29) is 24.0 Å². The van der Waals surface area contributed by atoms with Crippen LogP contribution in [0, 0.1) is 0 Å². The Morgan fingerprint density at radius 3 is 2.39 bits per heavy atom. The van der Waals surface area contributed by atoms with E-state index in [2.05, 4.69) is 34.8 Å². The van der Waals surface area contributed by atoms with Crippen LogP contribution in [-0.4, -0.2) is 9.55 Å². The van der Waals surface area contributed by atoms with Crippen molar-refractivity contribution in [3.05, 3.63) is 48.8 Å². The summed E-state index contributed by atoms with van der Waals surface area (Å²) in [4.78, 5) is 4.67. The summed E-state index contributed by atoms with van der Waals surface area (Å²) in [6, 6.07) is 12.4. The molecule has 0 radical (unpaired) electrons. The van der Waals surface area contributed by atoms with E-state index in [1.807, 2.05) is 42.2 Å². The van der Waals surface area contributed by atoms with Gasteiger partial charge in [-0.25, -0.2) is 9.55 Å².